The lowest BCUT2D eigenvalue weighted by molar-refractivity contribution is 0.0896. The molecule has 1 aliphatic heterocycles. The zero-order valence-corrected chi connectivity index (χ0v) is 14.9. The van der Waals surface area contributed by atoms with Crippen LogP contribution in [0.25, 0.3) is 0 Å². The van der Waals surface area contributed by atoms with Crippen molar-refractivity contribution in [3.8, 4) is 11.8 Å². The van der Waals surface area contributed by atoms with E-state index in [2.05, 4.69) is 22.1 Å². The van der Waals surface area contributed by atoms with Crippen molar-refractivity contribution < 1.29 is 19.1 Å². The molecule has 2 aromatic heterocycles. The number of rotatable bonds is 4. The molecule has 0 radical (unpaired) electrons. The standard InChI is InChI=1S/C20H22N2O4/c1-20(2,24)8-5-16-3-4-18(26-16)19(23)22-17-13-25-12-15(17)11-14-6-9-21-10-7-14/h3-4,6-7,9-10,15,17,24H,11-13H2,1-2H3,(H,22,23)/t15-,17+/m1/s1. The lowest BCUT2D eigenvalue weighted by Gasteiger charge is -2.18. The number of furan rings is 1. The highest BCUT2D eigenvalue weighted by atomic mass is 16.5. The number of pyridine rings is 1. The average molecular weight is 354 g/mol. The summed E-state index contributed by atoms with van der Waals surface area (Å²) in [6, 6.07) is 7.06. The molecule has 2 N–H and O–H groups in total. The minimum atomic E-state index is -1.11. The Morgan fingerprint density at radius 1 is 1.31 bits per heavy atom. The predicted octanol–water partition coefficient (Wildman–Crippen LogP) is 1.78. The van der Waals surface area contributed by atoms with Crippen molar-refractivity contribution >= 4 is 5.91 Å². The highest BCUT2D eigenvalue weighted by Gasteiger charge is 2.30. The number of carbonyl (C=O) groups is 1. The molecule has 2 atom stereocenters. The number of nitrogens with one attached hydrogen (secondary N) is 1. The summed E-state index contributed by atoms with van der Waals surface area (Å²) in [5, 5.41) is 12.6. The number of ether oxygens (including phenoxy) is 1. The van der Waals surface area contributed by atoms with Gasteiger partial charge in [0.25, 0.3) is 5.91 Å². The van der Waals surface area contributed by atoms with E-state index >= 15 is 0 Å². The predicted molar refractivity (Wildman–Crippen MR) is 95.4 cm³/mol. The van der Waals surface area contributed by atoms with Crippen LogP contribution in [0.3, 0.4) is 0 Å². The maximum Gasteiger partial charge on any atom is 0.287 e. The summed E-state index contributed by atoms with van der Waals surface area (Å²) in [5.41, 5.74) is 0.0493. The van der Waals surface area contributed by atoms with Gasteiger partial charge >= 0.3 is 0 Å². The molecule has 1 fully saturated rings. The van der Waals surface area contributed by atoms with Gasteiger partial charge in [0.05, 0.1) is 19.3 Å². The van der Waals surface area contributed by atoms with Crippen molar-refractivity contribution in [3.63, 3.8) is 0 Å². The molecule has 0 bridgehead atoms. The van der Waals surface area contributed by atoms with Gasteiger partial charge in [-0.3, -0.25) is 9.78 Å². The molecule has 1 amide bonds. The highest BCUT2D eigenvalue weighted by Crippen LogP contribution is 2.19. The van der Waals surface area contributed by atoms with E-state index in [1.807, 2.05) is 12.1 Å². The molecule has 3 rings (SSSR count). The molecule has 136 valence electrons. The SMILES string of the molecule is CC(C)(O)C#Cc1ccc(C(=O)N[C@H]2COC[C@H]2Cc2ccncc2)o1. The Morgan fingerprint density at radius 3 is 2.81 bits per heavy atom. The van der Waals surface area contributed by atoms with Gasteiger partial charge in [0.15, 0.2) is 11.5 Å². The Kier molecular flexibility index (Phi) is 5.40. The molecule has 6 nitrogen and oxygen atoms in total. The summed E-state index contributed by atoms with van der Waals surface area (Å²) < 4.78 is 11.0. The van der Waals surface area contributed by atoms with Crippen molar-refractivity contribution in [2.45, 2.75) is 31.9 Å². The first kappa shape index (κ1) is 18.2. The third-order valence-corrected chi connectivity index (χ3v) is 4.08. The Morgan fingerprint density at radius 2 is 2.08 bits per heavy atom. The minimum Gasteiger partial charge on any atom is -0.443 e. The van der Waals surface area contributed by atoms with Crippen LogP contribution < -0.4 is 5.32 Å². The van der Waals surface area contributed by atoms with Crippen LogP contribution in [0, 0.1) is 17.8 Å². The number of aliphatic hydroxyl groups is 1. The second-order valence-corrected chi connectivity index (χ2v) is 6.91. The van der Waals surface area contributed by atoms with Crippen molar-refractivity contribution in [1.29, 1.82) is 0 Å². The number of hydrogen-bond donors (Lipinski definition) is 2. The summed E-state index contributed by atoms with van der Waals surface area (Å²) in [6.07, 6.45) is 4.34. The van der Waals surface area contributed by atoms with Gasteiger partial charge in [-0.25, -0.2) is 0 Å². The molecular formula is C20H22N2O4. The summed E-state index contributed by atoms with van der Waals surface area (Å²) in [7, 11) is 0. The maximum atomic E-state index is 12.4. The summed E-state index contributed by atoms with van der Waals surface area (Å²) in [6.45, 7) is 4.25. The average Bonchev–Trinajstić information content (AvgIpc) is 3.23. The first-order valence-corrected chi connectivity index (χ1v) is 8.53. The Labute approximate surface area is 152 Å². The summed E-state index contributed by atoms with van der Waals surface area (Å²) in [5.74, 6) is 5.81. The third-order valence-electron chi connectivity index (χ3n) is 4.08. The maximum absolute atomic E-state index is 12.4. The van der Waals surface area contributed by atoms with Crippen LogP contribution in [-0.2, 0) is 11.2 Å². The second kappa shape index (κ2) is 7.73. The van der Waals surface area contributed by atoms with E-state index < -0.39 is 5.60 Å². The fourth-order valence-electron chi connectivity index (χ4n) is 2.76. The van der Waals surface area contributed by atoms with Crippen LogP contribution in [0.1, 0.15) is 35.7 Å². The van der Waals surface area contributed by atoms with Gasteiger partial charge < -0.3 is 19.6 Å². The molecule has 1 aliphatic rings. The van der Waals surface area contributed by atoms with Gasteiger partial charge in [0, 0.05) is 18.3 Å². The van der Waals surface area contributed by atoms with Crippen LogP contribution in [0.2, 0.25) is 0 Å². The number of aromatic nitrogens is 1. The Hall–Kier alpha value is -2.62. The number of hydrogen-bond acceptors (Lipinski definition) is 5. The Bertz CT molecular complexity index is 812. The normalized spacial score (nSPS) is 19.7. The fraction of sp³-hybridized carbons (Fsp3) is 0.400. The smallest absolute Gasteiger partial charge is 0.287 e. The zero-order valence-electron chi connectivity index (χ0n) is 14.9. The molecule has 1 saturated heterocycles. The van der Waals surface area contributed by atoms with E-state index in [0.717, 1.165) is 12.0 Å². The molecular weight excluding hydrogens is 332 g/mol. The van der Waals surface area contributed by atoms with Crippen molar-refractivity contribution in [2.75, 3.05) is 13.2 Å². The molecule has 0 aromatic carbocycles. The van der Waals surface area contributed by atoms with Crippen molar-refractivity contribution in [1.82, 2.24) is 10.3 Å². The summed E-state index contributed by atoms with van der Waals surface area (Å²) in [4.78, 5) is 16.5. The number of nitrogens with zero attached hydrogens (tertiary/aromatic N) is 1. The number of amides is 1. The van der Waals surface area contributed by atoms with E-state index in [1.54, 1.807) is 38.4 Å². The van der Waals surface area contributed by atoms with Crippen LogP contribution >= 0.6 is 0 Å². The molecule has 0 unspecified atom stereocenters. The van der Waals surface area contributed by atoms with Gasteiger partial charge in [-0.15, -0.1) is 0 Å². The lowest BCUT2D eigenvalue weighted by atomic mass is 9.95. The van der Waals surface area contributed by atoms with Gasteiger partial charge in [-0.05, 0) is 56.0 Å². The quantitative estimate of drug-likeness (QED) is 0.818. The first-order valence-electron chi connectivity index (χ1n) is 8.53. The van der Waals surface area contributed by atoms with E-state index in [0.29, 0.717) is 19.0 Å². The van der Waals surface area contributed by atoms with Crippen LogP contribution in [0.5, 0.6) is 0 Å². The first-order chi connectivity index (χ1) is 12.4. The molecule has 0 saturated carbocycles. The van der Waals surface area contributed by atoms with E-state index in [9.17, 15) is 9.90 Å². The largest absolute Gasteiger partial charge is 0.443 e. The van der Waals surface area contributed by atoms with Crippen LogP contribution in [0.15, 0.2) is 41.1 Å². The Balaban J connectivity index is 1.62. The minimum absolute atomic E-state index is 0.0772. The molecule has 3 heterocycles. The van der Waals surface area contributed by atoms with Gasteiger partial charge in [0.1, 0.15) is 5.60 Å². The third kappa shape index (κ3) is 4.94. The molecule has 0 spiro atoms. The molecule has 2 aromatic rings. The number of carbonyl (C=O) groups excluding carboxylic acids is 1. The van der Waals surface area contributed by atoms with E-state index in [-0.39, 0.29) is 23.6 Å². The van der Waals surface area contributed by atoms with Gasteiger partial charge in [0.2, 0.25) is 0 Å². The van der Waals surface area contributed by atoms with Gasteiger partial charge in [-0.1, -0.05) is 5.92 Å². The molecule has 26 heavy (non-hydrogen) atoms. The molecule has 0 aliphatic carbocycles. The topological polar surface area (TPSA) is 84.6 Å². The monoisotopic (exact) mass is 354 g/mol. The van der Waals surface area contributed by atoms with Crippen molar-refractivity contribution in [3.05, 3.63) is 53.7 Å². The highest BCUT2D eigenvalue weighted by molar-refractivity contribution is 5.91. The van der Waals surface area contributed by atoms with Crippen LogP contribution in [0.4, 0.5) is 0 Å². The van der Waals surface area contributed by atoms with E-state index in [1.165, 1.54) is 0 Å². The molecule has 6 heteroatoms. The second-order valence-electron chi connectivity index (χ2n) is 6.91. The van der Waals surface area contributed by atoms with Crippen LogP contribution in [-0.4, -0.2) is 40.9 Å². The fourth-order valence-corrected chi connectivity index (χ4v) is 2.76. The lowest BCUT2D eigenvalue weighted by Crippen LogP contribution is -2.40. The zero-order chi connectivity index (χ0) is 18.6. The van der Waals surface area contributed by atoms with Gasteiger partial charge in [-0.2, -0.15) is 0 Å². The summed E-state index contributed by atoms with van der Waals surface area (Å²) >= 11 is 0. The van der Waals surface area contributed by atoms with Crippen molar-refractivity contribution in [2.24, 2.45) is 5.92 Å². The van der Waals surface area contributed by atoms with E-state index in [4.69, 9.17) is 9.15 Å².